The number of nitrogens with one attached hydrogen (secondary N) is 1. The van der Waals surface area contributed by atoms with Crippen LogP contribution in [0.3, 0.4) is 0 Å². The van der Waals surface area contributed by atoms with E-state index in [2.05, 4.69) is 15.5 Å². The summed E-state index contributed by atoms with van der Waals surface area (Å²) in [7, 11) is 0. The number of aromatic nitrogens is 2. The summed E-state index contributed by atoms with van der Waals surface area (Å²) in [4.78, 5) is 27.2. The molecule has 3 rings (SSSR count). The summed E-state index contributed by atoms with van der Waals surface area (Å²) in [6, 6.07) is 7.57. The van der Waals surface area contributed by atoms with Crippen molar-refractivity contribution in [2.75, 3.05) is 5.32 Å². The first-order valence-corrected chi connectivity index (χ1v) is 7.30. The van der Waals surface area contributed by atoms with E-state index in [0.717, 1.165) is 5.69 Å². The third-order valence-corrected chi connectivity index (χ3v) is 3.52. The lowest BCUT2D eigenvalue weighted by Crippen LogP contribution is -2.12. The standard InChI is InChI=1S/C16H14N4O4/c1-3-10-7-14(18-16(21)15-6-9(2)19-24-15)12-8-11(20(22)23)4-5-13(12)17-10/h4-8H,3H2,1-2H3,(H,17,18,21). The summed E-state index contributed by atoms with van der Waals surface area (Å²) in [5.41, 5.74) is 2.30. The molecule has 0 saturated carbocycles. The lowest BCUT2D eigenvalue weighted by atomic mass is 10.1. The second-order valence-corrected chi connectivity index (χ2v) is 5.26. The molecule has 1 aromatic carbocycles. The molecule has 0 atom stereocenters. The molecule has 0 aliphatic rings. The maximum absolute atomic E-state index is 12.3. The molecule has 0 fully saturated rings. The fraction of sp³-hybridized carbons (Fsp3) is 0.188. The van der Waals surface area contributed by atoms with Crippen molar-refractivity contribution in [1.82, 2.24) is 10.1 Å². The van der Waals surface area contributed by atoms with E-state index in [1.54, 1.807) is 19.1 Å². The molecular formula is C16H14N4O4. The largest absolute Gasteiger partial charge is 0.351 e. The Balaban J connectivity index is 2.08. The molecule has 122 valence electrons. The zero-order valence-corrected chi connectivity index (χ0v) is 13.1. The van der Waals surface area contributed by atoms with Crippen LogP contribution >= 0.6 is 0 Å². The number of pyridine rings is 1. The van der Waals surface area contributed by atoms with E-state index in [-0.39, 0.29) is 11.4 Å². The van der Waals surface area contributed by atoms with Crippen molar-refractivity contribution in [3.8, 4) is 0 Å². The number of nitro groups is 1. The van der Waals surface area contributed by atoms with Gasteiger partial charge in [-0.15, -0.1) is 0 Å². The number of benzene rings is 1. The van der Waals surface area contributed by atoms with Gasteiger partial charge in [0.1, 0.15) is 0 Å². The van der Waals surface area contributed by atoms with Crippen molar-refractivity contribution >= 4 is 28.2 Å². The summed E-state index contributed by atoms with van der Waals surface area (Å²) < 4.78 is 4.94. The van der Waals surface area contributed by atoms with E-state index in [0.29, 0.717) is 28.7 Å². The normalized spacial score (nSPS) is 10.8. The molecule has 0 spiro atoms. The number of anilines is 1. The minimum atomic E-state index is -0.488. The van der Waals surface area contributed by atoms with Gasteiger partial charge in [0, 0.05) is 29.3 Å². The van der Waals surface area contributed by atoms with E-state index in [1.807, 2.05) is 6.92 Å². The van der Waals surface area contributed by atoms with Gasteiger partial charge >= 0.3 is 0 Å². The average Bonchev–Trinajstić information content (AvgIpc) is 3.00. The van der Waals surface area contributed by atoms with Crippen molar-refractivity contribution in [3.05, 3.63) is 57.6 Å². The lowest BCUT2D eigenvalue weighted by molar-refractivity contribution is -0.384. The van der Waals surface area contributed by atoms with Crippen LogP contribution in [0.4, 0.5) is 11.4 Å². The predicted octanol–water partition coefficient (Wildman–Crippen LogP) is 3.25. The summed E-state index contributed by atoms with van der Waals surface area (Å²) >= 11 is 0. The zero-order chi connectivity index (χ0) is 17.3. The van der Waals surface area contributed by atoms with Crippen molar-refractivity contribution in [2.24, 2.45) is 0 Å². The van der Waals surface area contributed by atoms with Crippen molar-refractivity contribution in [3.63, 3.8) is 0 Å². The van der Waals surface area contributed by atoms with Crippen LogP contribution in [0.2, 0.25) is 0 Å². The Labute approximate surface area is 136 Å². The van der Waals surface area contributed by atoms with Crippen LogP contribution in [0.15, 0.2) is 34.9 Å². The molecule has 8 heteroatoms. The Bertz CT molecular complexity index is 948. The van der Waals surface area contributed by atoms with Crippen molar-refractivity contribution < 1.29 is 14.2 Å². The van der Waals surface area contributed by atoms with Gasteiger partial charge in [-0.05, 0) is 25.5 Å². The van der Waals surface area contributed by atoms with Crippen molar-refractivity contribution in [1.29, 1.82) is 0 Å². The summed E-state index contributed by atoms with van der Waals surface area (Å²) in [5.74, 6) is -0.405. The Hall–Kier alpha value is -3.29. The number of amides is 1. The van der Waals surface area contributed by atoms with E-state index < -0.39 is 10.8 Å². The minimum Gasteiger partial charge on any atom is -0.351 e. The van der Waals surface area contributed by atoms with Crippen LogP contribution in [0.1, 0.15) is 28.9 Å². The molecule has 24 heavy (non-hydrogen) atoms. The number of hydrogen-bond donors (Lipinski definition) is 1. The molecule has 0 radical (unpaired) electrons. The highest BCUT2D eigenvalue weighted by molar-refractivity contribution is 6.07. The number of carbonyl (C=O) groups is 1. The fourth-order valence-corrected chi connectivity index (χ4v) is 2.32. The SMILES string of the molecule is CCc1cc(NC(=O)c2cc(C)no2)c2cc([N+](=O)[O-])ccc2n1. The zero-order valence-electron chi connectivity index (χ0n) is 13.1. The van der Waals surface area contributed by atoms with Crippen molar-refractivity contribution in [2.45, 2.75) is 20.3 Å². The molecule has 0 unspecified atom stereocenters. The van der Waals surface area contributed by atoms with Gasteiger partial charge < -0.3 is 9.84 Å². The summed E-state index contributed by atoms with van der Waals surface area (Å²) in [5, 5.41) is 17.9. The van der Waals surface area contributed by atoms with Gasteiger partial charge in [0.05, 0.1) is 21.8 Å². The maximum Gasteiger partial charge on any atom is 0.294 e. The van der Waals surface area contributed by atoms with Crippen LogP contribution in [0.25, 0.3) is 10.9 Å². The first-order valence-electron chi connectivity index (χ1n) is 7.30. The molecule has 1 N–H and O–H groups in total. The molecule has 1 amide bonds. The smallest absolute Gasteiger partial charge is 0.294 e. The summed E-state index contributed by atoms with van der Waals surface area (Å²) in [6.07, 6.45) is 0.664. The maximum atomic E-state index is 12.3. The number of nitro benzene ring substituents is 1. The predicted molar refractivity (Wildman–Crippen MR) is 87.0 cm³/mol. The topological polar surface area (TPSA) is 111 Å². The number of aryl methyl sites for hydroxylation is 2. The highest BCUT2D eigenvalue weighted by Gasteiger charge is 2.16. The van der Waals surface area contributed by atoms with Gasteiger partial charge in [-0.3, -0.25) is 19.9 Å². The van der Waals surface area contributed by atoms with E-state index >= 15 is 0 Å². The third-order valence-electron chi connectivity index (χ3n) is 3.52. The van der Waals surface area contributed by atoms with Crippen LogP contribution in [0, 0.1) is 17.0 Å². The minimum absolute atomic E-state index is 0.0699. The monoisotopic (exact) mass is 326 g/mol. The van der Waals surface area contributed by atoms with Gasteiger partial charge in [0.15, 0.2) is 0 Å². The van der Waals surface area contributed by atoms with Gasteiger partial charge in [-0.1, -0.05) is 12.1 Å². The first-order chi connectivity index (χ1) is 11.5. The van der Waals surface area contributed by atoms with Crippen LogP contribution in [0.5, 0.6) is 0 Å². The van der Waals surface area contributed by atoms with Gasteiger partial charge in [0.2, 0.25) is 5.76 Å². The molecule has 0 aliphatic carbocycles. The highest BCUT2D eigenvalue weighted by atomic mass is 16.6. The lowest BCUT2D eigenvalue weighted by Gasteiger charge is -2.09. The Morgan fingerprint density at radius 3 is 2.75 bits per heavy atom. The number of fused-ring (bicyclic) bond motifs is 1. The molecule has 8 nitrogen and oxygen atoms in total. The van der Waals surface area contributed by atoms with Crippen LogP contribution < -0.4 is 5.32 Å². The second kappa shape index (κ2) is 6.07. The number of nitrogens with zero attached hydrogens (tertiary/aromatic N) is 3. The van der Waals surface area contributed by atoms with Crippen LogP contribution in [-0.4, -0.2) is 21.0 Å². The molecular weight excluding hydrogens is 312 g/mol. The number of carbonyl (C=O) groups excluding carboxylic acids is 1. The fourth-order valence-electron chi connectivity index (χ4n) is 2.32. The summed E-state index contributed by atoms with van der Waals surface area (Å²) in [6.45, 7) is 3.64. The molecule has 2 heterocycles. The van der Waals surface area contributed by atoms with Crippen LogP contribution in [-0.2, 0) is 6.42 Å². The van der Waals surface area contributed by atoms with Gasteiger partial charge in [0.25, 0.3) is 11.6 Å². The number of rotatable bonds is 4. The Morgan fingerprint density at radius 2 is 2.12 bits per heavy atom. The molecule has 0 bridgehead atoms. The quantitative estimate of drug-likeness (QED) is 0.582. The molecule has 3 aromatic rings. The first kappa shape index (κ1) is 15.6. The van der Waals surface area contributed by atoms with Gasteiger partial charge in [-0.25, -0.2) is 0 Å². The van der Waals surface area contributed by atoms with E-state index in [1.165, 1.54) is 18.2 Å². The number of non-ortho nitro benzene ring substituents is 1. The Kier molecular flexibility index (Phi) is 3.95. The average molecular weight is 326 g/mol. The number of hydrogen-bond acceptors (Lipinski definition) is 6. The van der Waals surface area contributed by atoms with E-state index in [9.17, 15) is 14.9 Å². The highest BCUT2D eigenvalue weighted by Crippen LogP contribution is 2.28. The second-order valence-electron chi connectivity index (χ2n) is 5.26. The van der Waals surface area contributed by atoms with E-state index in [4.69, 9.17) is 4.52 Å². The third kappa shape index (κ3) is 2.94. The molecule has 0 saturated heterocycles. The molecule has 2 aromatic heterocycles. The molecule has 0 aliphatic heterocycles. The Morgan fingerprint density at radius 1 is 1.33 bits per heavy atom. The van der Waals surface area contributed by atoms with Gasteiger partial charge in [-0.2, -0.15) is 0 Å².